The number of rotatable bonds is 14. The lowest BCUT2D eigenvalue weighted by atomic mass is 10.0. The van der Waals surface area contributed by atoms with E-state index in [0.717, 1.165) is 30.3 Å². The maximum absolute atomic E-state index is 12.3. The second-order valence-corrected chi connectivity index (χ2v) is 7.52. The summed E-state index contributed by atoms with van der Waals surface area (Å²) in [7, 11) is 0. The molecule has 4 nitrogen and oxygen atoms in total. The number of carbonyl (C=O) groups excluding carboxylic acids is 1. The van der Waals surface area contributed by atoms with Gasteiger partial charge < -0.3 is 14.2 Å². The molecule has 0 bridgehead atoms. The SMILES string of the molecule is C=CCCOc1ccc(OC(=O)c2ccc(OCCCCC[C@@H](C)CC)cc2)cc1. The molecule has 0 radical (unpaired) electrons. The molecule has 0 fully saturated rings. The summed E-state index contributed by atoms with van der Waals surface area (Å²) in [5.41, 5.74) is 0.488. The van der Waals surface area contributed by atoms with E-state index < -0.39 is 5.97 Å². The van der Waals surface area contributed by atoms with Gasteiger partial charge in [0, 0.05) is 0 Å². The van der Waals surface area contributed by atoms with Gasteiger partial charge in [0.2, 0.25) is 0 Å². The first-order valence-corrected chi connectivity index (χ1v) is 10.9. The van der Waals surface area contributed by atoms with Crippen LogP contribution < -0.4 is 14.2 Å². The van der Waals surface area contributed by atoms with Crippen molar-refractivity contribution < 1.29 is 19.0 Å². The molecule has 0 aliphatic rings. The number of ether oxygens (including phenoxy) is 3. The lowest BCUT2D eigenvalue weighted by Crippen LogP contribution is -2.08. The molecule has 2 aromatic rings. The number of hydrogen-bond acceptors (Lipinski definition) is 4. The Bertz CT molecular complexity index is 750. The molecule has 0 N–H and O–H groups in total. The molecule has 0 heterocycles. The summed E-state index contributed by atoms with van der Waals surface area (Å²) in [6.45, 7) is 9.48. The molecule has 1 atom stereocenters. The zero-order valence-corrected chi connectivity index (χ0v) is 18.3. The predicted molar refractivity (Wildman–Crippen MR) is 122 cm³/mol. The van der Waals surface area contributed by atoms with E-state index in [1.54, 1.807) is 36.4 Å². The molecule has 162 valence electrons. The first-order chi connectivity index (χ1) is 14.6. The van der Waals surface area contributed by atoms with Gasteiger partial charge in [-0.25, -0.2) is 4.79 Å². The monoisotopic (exact) mass is 410 g/mol. The molecule has 0 amide bonds. The van der Waals surface area contributed by atoms with Crippen LogP contribution in [0.3, 0.4) is 0 Å². The van der Waals surface area contributed by atoms with Crippen molar-refractivity contribution in [2.45, 2.75) is 52.4 Å². The average molecular weight is 411 g/mol. The number of hydrogen-bond donors (Lipinski definition) is 0. The van der Waals surface area contributed by atoms with Crippen molar-refractivity contribution in [3.63, 3.8) is 0 Å². The summed E-state index contributed by atoms with van der Waals surface area (Å²) < 4.78 is 16.7. The largest absolute Gasteiger partial charge is 0.494 e. The third-order valence-corrected chi connectivity index (χ3v) is 5.02. The van der Waals surface area contributed by atoms with Crippen LogP contribution in [0.25, 0.3) is 0 Å². The van der Waals surface area contributed by atoms with Gasteiger partial charge in [-0.3, -0.25) is 0 Å². The van der Waals surface area contributed by atoms with Crippen molar-refractivity contribution in [2.24, 2.45) is 5.92 Å². The van der Waals surface area contributed by atoms with E-state index in [0.29, 0.717) is 24.5 Å². The zero-order chi connectivity index (χ0) is 21.6. The normalized spacial score (nSPS) is 11.5. The van der Waals surface area contributed by atoms with Crippen molar-refractivity contribution >= 4 is 5.97 Å². The molecule has 0 unspecified atom stereocenters. The molecule has 0 saturated carbocycles. The summed E-state index contributed by atoms with van der Waals surface area (Å²) >= 11 is 0. The zero-order valence-electron chi connectivity index (χ0n) is 18.3. The molecule has 30 heavy (non-hydrogen) atoms. The van der Waals surface area contributed by atoms with Crippen LogP contribution in [0.2, 0.25) is 0 Å². The van der Waals surface area contributed by atoms with Gasteiger partial charge in [-0.15, -0.1) is 6.58 Å². The minimum atomic E-state index is -0.396. The summed E-state index contributed by atoms with van der Waals surface area (Å²) in [5.74, 6) is 2.40. The minimum absolute atomic E-state index is 0.396. The summed E-state index contributed by atoms with van der Waals surface area (Å²) in [5, 5.41) is 0. The van der Waals surface area contributed by atoms with Gasteiger partial charge >= 0.3 is 5.97 Å². The second-order valence-electron chi connectivity index (χ2n) is 7.52. The van der Waals surface area contributed by atoms with E-state index in [2.05, 4.69) is 20.4 Å². The van der Waals surface area contributed by atoms with E-state index >= 15 is 0 Å². The molecule has 2 rings (SSSR count). The fourth-order valence-electron chi connectivity index (χ4n) is 2.88. The van der Waals surface area contributed by atoms with Gasteiger partial charge in [-0.2, -0.15) is 0 Å². The first-order valence-electron chi connectivity index (χ1n) is 10.9. The lowest BCUT2D eigenvalue weighted by Gasteiger charge is -2.09. The molecule has 0 spiro atoms. The Hall–Kier alpha value is -2.75. The van der Waals surface area contributed by atoms with Gasteiger partial charge in [0.25, 0.3) is 0 Å². The smallest absolute Gasteiger partial charge is 0.343 e. The van der Waals surface area contributed by atoms with Crippen molar-refractivity contribution in [3.8, 4) is 17.2 Å². The van der Waals surface area contributed by atoms with Gasteiger partial charge in [0.1, 0.15) is 17.2 Å². The highest BCUT2D eigenvalue weighted by atomic mass is 16.5. The van der Waals surface area contributed by atoms with Gasteiger partial charge in [0.05, 0.1) is 18.8 Å². The summed E-state index contributed by atoms with van der Waals surface area (Å²) in [6.07, 6.45) is 8.63. The van der Waals surface area contributed by atoms with Crippen LogP contribution in [0.4, 0.5) is 0 Å². The molecule has 0 aliphatic carbocycles. The van der Waals surface area contributed by atoms with E-state index in [-0.39, 0.29) is 0 Å². The fraction of sp³-hybridized carbons (Fsp3) is 0.423. The van der Waals surface area contributed by atoms with Crippen LogP contribution in [0.1, 0.15) is 62.7 Å². The van der Waals surface area contributed by atoms with E-state index in [9.17, 15) is 4.79 Å². The Labute approximate surface area is 180 Å². The van der Waals surface area contributed by atoms with Crippen molar-refractivity contribution in [3.05, 3.63) is 66.7 Å². The molecular weight excluding hydrogens is 376 g/mol. The summed E-state index contributed by atoms with van der Waals surface area (Å²) in [6, 6.07) is 14.1. The van der Waals surface area contributed by atoms with Crippen molar-refractivity contribution in [1.82, 2.24) is 0 Å². The van der Waals surface area contributed by atoms with Crippen LogP contribution >= 0.6 is 0 Å². The van der Waals surface area contributed by atoms with Crippen LogP contribution in [0.5, 0.6) is 17.2 Å². The molecule has 0 saturated heterocycles. The van der Waals surface area contributed by atoms with E-state index in [1.807, 2.05) is 18.2 Å². The quantitative estimate of drug-likeness (QED) is 0.148. The Morgan fingerprint density at radius 1 is 0.900 bits per heavy atom. The molecule has 2 aromatic carbocycles. The summed E-state index contributed by atoms with van der Waals surface area (Å²) in [4.78, 5) is 12.3. The van der Waals surface area contributed by atoms with Crippen LogP contribution in [0, 0.1) is 5.92 Å². The molecule has 0 aromatic heterocycles. The highest BCUT2D eigenvalue weighted by molar-refractivity contribution is 5.91. The van der Waals surface area contributed by atoms with E-state index in [4.69, 9.17) is 14.2 Å². The van der Waals surface area contributed by atoms with Gasteiger partial charge in [-0.05, 0) is 67.3 Å². The standard InChI is InChI=1S/C26H34O4/c1-4-6-19-28-24-15-17-25(18-16-24)30-26(27)22-11-13-23(14-12-22)29-20-9-7-8-10-21(3)5-2/h4,11-18,21H,1,5-10,19-20H2,2-3H3/t21-/m0/s1. The number of unbranched alkanes of at least 4 members (excludes halogenated alkanes) is 2. The van der Waals surface area contributed by atoms with Gasteiger partial charge in [-0.1, -0.05) is 45.6 Å². The highest BCUT2D eigenvalue weighted by Gasteiger charge is 2.09. The Kier molecular flexibility index (Phi) is 10.6. The van der Waals surface area contributed by atoms with Crippen LogP contribution in [-0.4, -0.2) is 19.2 Å². The van der Waals surface area contributed by atoms with Crippen molar-refractivity contribution in [1.29, 1.82) is 0 Å². The number of carbonyl (C=O) groups is 1. The number of esters is 1. The third-order valence-electron chi connectivity index (χ3n) is 5.02. The molecule has 0 aliphatic heterocycles. The van der Waals surface area contributed by atoms with Gasteiger partial charge in [0.15, 0.2) is 0 Å². The average Bonchev–Trinajstić information content (AvgIpc) is 2.77. The maximum Gasteiger partial charge on any atom is 0.343 e. The Morgan fingerprint density at radius 2 is 1.50 bits per heavy atom. The van der Waals surface area contributed by atoms with Crippen molar-refractivity contribution in [2.75, 3.05) is 13.2 Å². The Balaban J connectivity index is 1.72. The highest BCUT2D eigenvalue weighted by Crippen LogP contribution is 2.20. The topological polar surface area (TPSA) is 44.8 Å². The number of benzene rings is 2. The first kappa shape index (κ1) is 23.5. The van der Waals surface area contributed by atoms with Crippen LogP contribution in [0.15, 0.2) is 61.2 Å². The van der Waals surface area contributed by atoms with Crippen LogP contribution in [-0.2, 0) is 0 Å². The third kappa shape index (κ3) is 8.73. The molecular formula is C26H34O4. The fourth-order valence-corrected chi connectivity index (χ4v) is 2.88. The lowest BCUT2D eigenvalue weighted by molar-refractivity contribution is 0.0734. The maximum atomic E-state index is 12.3. The second kappa shape index (κ2) is 13.5. The predicted octanol–water partition coefficient (Wildman–Crippen LogP) is 6.85. The Morgan fingerprint density at radius 3 is 2.13 bits per heavy atom. The minimum Gasteiger partial charge on any atom is -0.494 e. The molecule has 4 heteroatoms. The van der Waals surface area contributed by atoms with E-state index in [1.165, 1.54) is 25.7 Å².